The van der Waals surface area contributed by atoms with Gasteiger partial charge < -0.3 is 4.90 Å². The van der Waals surface area contributed by atoms with Crippen molar-refractivity contribution >= 4 is 26.0 Å². The molecular weight excluding hydrogens is 328 g/mol. The number of rotatable bonds is 6. The predicted octanol–water partition coefficient (Wildman–Crippen LogP) is 2.33. The maximum atomic E-state index is 12.5. The standard InChI is InChI=1S/C13H21BrN2O2S/c1-11-6-7-12(14)10-13(11)19(17,18)16(4)9-5-8-15(2)3/h6-7,10H,5,8-9H2,1-4H3. The Bertz CT molecular complexity index is 529. The zero-order valence-electron chi connectivity index (χ0n) is 11.9. The van der Waals surface area contributed by atoms with Crippen LogP contribution in [0.3, 0.4) is 0 Å². The Morgan fingerprint density at radius 3 is 2.37 bits per heavy atom. The Hall–Kier alpha value is -0.430. The third-order valence-electron chi connectivity index (χ3n) is 2.92. The summed E-state index contributed by atoms with van der Waals surface area (Å²) in [6.07, 6.45) is 0.815. The first kappa shape index (κ1) is 16.6. The lowest BCUT2D eigenvalue weighted by Crippen LogP contribution is -2.30. The topological polar surface area (TPSA) is 40.6 Å². The second-order valence-corrected chi connectivity index (χ2v) is 7.82. The van der Waals surface area contributed by atoms with Crippen molar-refractivity contribution in [2.75, 3.05) is 34.2 Å². The smallest absolute Gasteiger partial charge is 0.243 e. The van der Waals surface area contributed by atoms with E-state index < -0.39 is 10.0 Å². The van der Waals surface area contributed by atoms with Crippen LogP contribution in [0.25, 0.3) is 0 Å². The van der Waals surface area contributed by atoms with Crippen LogP contribution in [-0.2, 0) is 10.0 Å². The van der Waals surface area contributed by atoms with E-state index in [-0.39, 0.29) is 0 Å². The van der Waals surface area contributed by atoms with Crippen molar-refractivity contribution in [3.05, 3.63) is 28.2 Å². The third kappa shape index (κ3) is 4.56. The lowest BCUT2D eigenvalue weighted by atomic mass is 10.2. The summed E-state index contributed by atoms with van der Waals surface area (Å²) in [6.45, 7) is 3.21. The average Bonchev–Trinajstić information content (AvgIpc) is 2.31. The van der Waals surface area contributed by atoms with Crippen LogP contribution in [0.15, 0.2) is 27.6 Å². The van der Waals surface area contributed by atoms with Crippen LogP contribution in [-0.4, -0.2) is 51.9 Å². The first-order valence-electron chi connectivity index (χ1n) is 6.12. The Kier molecular flexibility index (Phi) is 5.98. The van der Waals surface area contributed by atoms with E-state index >= 15 is 0 Å². The summed E-state index contributed by atoms with van der Waals surface area (Å²) in [7, 11) is 2.18. The summed E-state index contributed by atoms with van der Waals surface area (Å²) in [5, 5.41) is 0. The molecule has 0 N–H and O–H groups in total. The Morgan fingerprint density at radius 1 is 1.16 bits per heavy atom. The molecule has 1 aromatic rings. The molecule has 0 amide bonds. The van der Waals surface area contributed by atoms with Gasteiger partial charge in [-0.15, -0.1) is 0 Å². The van der Waals surface area contributed by atoms with Crippen LogP contribution in [0.2, 0.25) is 0 Å². The summed E-state index contributed by atoms with van der Waals surface area (Å²) < 4.78 is 27.1. The normalized spacial score (nSPS) is 12.4. The van der Waals surface area contributed by atoms with Crippen LogP contribution >= 0.6 is 15.9 Å². The zero-order valence-corrected chi connectivity index (χ0v) is 14.3. The largest absolute Gasteiger partial charge is 0.309 e. The molecule has 0 aliphatic heterocycles. The lowest BCUT2D eigenvalue weighted by molar-refractivity contribution is 0.370. The number of aryl methyl sites for hydroxylation is 1. The van der Waals surface area contributed by atoms with Crippen LogP contribution in [0.1, 0.15) is 12.0 Å². The Balaban J connectivity index is 2.88. The van der Waals surface area contributed by atoms with Gasteiger partial charge in [-0.25, -0.2) is 12.7 Å². The highest BCUT2D eigenvalue weighted by Crippen LogP contribution is 2.23. The molecule has 0 radical (unpaired) electrons. The zero-order chi connectivity index (χ0) is 14.6. The van der Waals surface area contributed by atoms with E-state index in [0.29, 0.717) is 11.4 Å². The highest BCUT2D eigenvalue weighted by Gasteiger charge is 2.22. The molecule has 0 heterocycles. The number of hydrogen-bond acceptors (Lipinski definition) is 3. The van der Waals surface area contributed by atoms with Gasteiger partial charge in [0, 0.05) is 18.1 Å². The molecule has 0 aromatic heterocycles. The number of halogens is 1. The van der Waals surface area contributed by atoms with Gasteiger partial charge in [-0.2, -0.15) is 0 Å². The van der Waals surface area contributed by atoms with Gasteiger partial charge in [0.15, 0.2) is 0 Å². The second kappa shape index (κ2) is 6.83. The molecule has 0 unspecified atom stereocenters. The fourth-order valence-corrected chi connectivity index (χ4v) is 3.72. The molecule has 4 nitrogen and oxygen atoms in total. The summed E-state index contributed by atoms with van der Waals surface area (Å²) in [5.74, 6) is 0. The number of sulfonamides is 1. The van der Waals surface area contributed by atoms with Gasteiger partial charge in [0.05, 0.1) is 4.90 Å². The fraction of sp³-hybridized carbons (Fsp3) is 0.538. The Labute approximate surface area is 124 Å². The van der Waals surface area contributed by atoms with E-state index in [1.54, 1.807) is 13.1 Å². The fourth-order valence-electron chi connectivity index (χ4n) is 1.75. The summed E-state index contributed by atoms with van der Waals surface area (Å²) in [6, 6.07) is 5.32. The van der Waals surface area contributed by atoms with Crippen LogP contribution in [0, 0.1) is 6.92 Å². The molecular formula is C13H21BrN2O2S. The van der Waals surface area contributed by atoms with Crippen molar-refractivity contribution in [1.29, 1.82) is 0 Å². The monoisotopic (exact) mass is 348 g/mol. The minimum Gasteiger partial charge on any atom is -0.309 e. The number of hydrogen-bond donors (Lipinski definition) is 0. The summed E-state index contributed by atoms with van der Waals surface area (Å²) in [4.78, 5) is 2.42. The van der Waals surface area contributed by atoms with Gasteiger partial charge in [0.25, 0.3) is 0 Å². The van der Waals surface area contributed by atoms with Crippen molar-refractivity contribution in [1.82, 2.24) is 9.21 Å². The summed E-state index contributed by atoms with van der Waals surface area (Å²) in [5.41, 5.74) is 0.766. The molecule has 108 valence electrons. The van der Waals surface area contributed by atoms with E-state index in [9.17, 15) is 8.42 Å². The highest BCUT2D eigenvalue weighted by atomic mass is 79.9. The molecule has 1 rings (SSSR count). The van der Waals surface area contributed by atoms with Gasteiger partial charge in [0.1, 0.15) is 0 Å². The van der Waals surface area contributed by atoms with Crippen LogP contribution in [0.5, 0.6) is 0 Å². The molecule has 0 fully saturated rings. The molecule has 0 aliphatic carbocycles. The average molecular weight is 349 g/mol. The van der Waals surface area contributed by atoms with Crippen molar-refractivity contribution < 1.29 is 8.42 Å². The minimum absolute atomic E-state index is 0.370. The van der Waals surface area contributed by atoms with E-state index in [2.05, 4.69) is 15.9 Å². The van der Waals surface area contributed by atoms with Crippen molar-refractivity contribution in [3.63, 3.8) is 0 Å². The van der Waals surface area contributed by atoms with Gasteiger partial charge in [-0.05, 0) is 51.7 Å². The maximum absolute atomic E-state index is 12.5. The molecule has 19 heavy (non-hydrogen) atoms. The predicted molar refractivity (Wildman–Crippen MR) is 81.9 cm³/mol. The maximum Gasteiger partial charge on any atom is 0.243 e. The number of benzene rings is 1. The van der Waals surface area contributed by atoms with E-state index in [1.807, 2.05) is 38.1 Å². The molecule has 0 spiro atoms. The summed E-state index contributed by atoms with van der Waals surface area (Å²) >= 11 is 3.32. The molecule has 0 saturated carbocycles. The number of nitrogens with zero attached hydrogens (tertiary/aromatic N) is 2. The Morgan fingerprint density at radius 2 is 1.79 bits per heavy atom. The van der Waals surface area contributed by atoms with Gasteiger partial charge in [-0.1, -0.05) is 22.0 Å². The molecule has 0 aliphatic rings. The van der Waals surface area contributed by atoms with Gasteiger partial charge in [0.2, 0.25) is 10.0 Å². The van der Waals surface area contributed by atoms with Crippen LogP contribution in [0.4, 0.5) is 0 Å². The molecule has 6 heteroatoms. The molecule has 1 aromatic carbocycles. The SMILES string of the molecule is Cc1ccc(Br)cc1S(=O)(=O)N(C)CCCN(C)C. The van der Waals surface area contributed by atoms with E-state index in [4.69, 9.17) is 0 Å². The van der Waals surface area contributed by atoms with Crippen molar-refractivity contribution in [2.45, 2.75) is 18.2 Å². The van der Waals surface area contributed by atoms with Crippen molar-refractivity contribution in [2.24, 2.45) is 0 Å². The molecule has 0 atom stereocenters. The quantitative estimate of drug-likeness (QED) is 0.792. The minimum atomic E-state index is -3.41. The second-order valence-electron chi connectivity index (χ2n) is 4.89. The molecule has 0 bridgehead atoms. The van der Waals surface area contributed by atoms with E-state index in [0.717, 1.165) is 23.0 Å². The van der Waals surface area contributed by atoms with Crippen molar-refractivity contribution in [3.8, 4) is 0 Å². The highest BCUT2D eigenvalue weighted by molar-refractivity contribution is 9.10. The first-order chi connectivity index (χ1) is 8.75. The van der Waals surface area contributed by atoms with Crippen LogP contribution < -0.4 is 0 Å². The lowest BCUT2D eigenvalue weighted by Gasteiger charge is -2.19. The van der Waals surface area contributed by atoms with E-state index in [1.165, 1.54) is 4.31 Å². The molecule has 0 saturated heterocycles. The third-order valence-corrected chi connectivity index (χ3v) is 5.41. The van der Waals surface area contributed by atoms with Gasteiger partial charge in [-0.3, -0.25) is 0 Å². The first-order valence-corrected chi connectivity index (χ1v) is 8.35. The van der Waals surface area contributed by atoms with Gasteiger partial charge >= 0.3 is 0 Å².